The summed E-state index contributed by atoms with van der Waals surface area (Å²) in [6.07, 6.45) is 2.26. The summed E-state index contributed by atoms with van der Waals surface area (Å²) in [6, 6.07) is 6.56. The van der Waals surface area contributed by atoms with Gasteiger partial charge < -0.3 is 5.11 Å². The van der Waals surface area contributed by atoms with Gasteiger partial charge in [-0.2, -0.15) is 0 Å². The Morgan fingerprint density at radius 1 is 1.50 bits per heavy atom. The summed E-state index contributed by atoms with van der Waals surface area (Å²) < 4.78 is 0. The molecule has 1 unspecified atom stereocenters. The second-order valence-corrected chi connectivity index (χ2v) is 3.62. The van der Waals surface area contributed by atoms with Gasteiger partial charge in [0.15, 0.2) is 0 Å². The topological polar surface area (TPSA) is 20.2 Å². The zero-order valence-corrected chi connectivity index (χ0v) is 7.38. The second kappa shape index (κ2) is 2.91. The molecule has 64 valence electrons. The predicted molar refractivity (Wildman–Crippen MR) is 49.3 cm³/mol. The minimum absolute atomic E-state index is 0.302. The van der Waals surface area contributed by atoms with Crippen LogP contribution >= 0.6 is 0 Å². The summed E-state index contributed by atoms with van der Waals surface area (Å²) in [5.41, 5.74) is 4.10. The third-order valence-electron chi connectivity index (χ3n) is 2.72. The maximum atomic E-state index is 9.10. The first-order valence-electron chi connectivity index (χ1n) is 4.51. The largest absolute Gasteiger partial charge is 0.396 e. The van der Waals surface area contributed by atoms with E-state index in [1.54, 1.807) is 0 Å². The van der Waals surface area contributed by atoms with Gasteiger partial charge in [0, 0.05) is 12.5 Å². The lowest BCUT2D eigenvalue weighted by atomic mass is 10.0. The van der Waals surface area contributed by atoms with Gasteiger partial charge in [0.05, 0.1) is 0 Å². The fourth-order valence-corrected chi connectivity index (χ4v) is 2.00. The molecule has 1 N–H and O–H groups in total. The van der Waals surface area contributed by atoms with Crippen LogP contribution in [0.1, 0.15) is 29.0 Å². The van der Waals surface area contributed by atoms with Crippen molar-refractivity contribution in [1.82, 2.24) is 0 Å². The molecule has 1 atom stereocenters. The molecule has 0 bridgehead atoms. The minimum atomic E-state index is 0.302. The van der Waals surface area contributed by atoms with Crippen LogP contribution in [-0.4, -0.2) is 11.7 Å². The van der Waals surface area contributed by atoms with Crippen molar-refractivity contribution in [2.24, 2.45) is 0 Å². The van der Waals surface area contributed by atoms with Crippen molar-refractivity contribution in [3.8, 4) is 0 Å². The van der Waals surface area contributed by atoms with Crippen molar-refractivity contribution >= 4 is 0 Å². The fourth-order valence-electron chi connectivity index (χ4n) is 2.00. The van der Waals surface area contributed by atoms with Gasteiger partial charge in [-0.3, -0.25) is 0 Å². The van der Waals surface area contributed by atoms with E-state index in [1.807, 2.05) is 0 Å². The van der Waals surface area contributed by atoms with E-state index < -0.39 is 0 Å². The Bertz CT molecular complexity index is 291. The summed E-state index contributed by atoms with van der Waals surface area (Å²) >= 11 is 0. The lowest BCUT2D eigenvalue weighted by molar-refractivity contribution is 0.265. The molecule has 1 aliphatic rings. The maximum absolute atomic E-state index is 9.10. The molecular weight excluding hydrogens is 148 g/mol. The summed E-state index contributed by atoms with van der Waals surface area (Å²) in [6.45, 7) is 2.41. The van der Waals surface area contributed by atoms with E-state index in [-0.39, 0.29) is 0 Å². The monoisotopic (exact) mass is 162 g/mol. The van der Waals surface area contributed by atoms with Crippen LogP contribution in [0.3, 0.4) is 0 Å². The van der Waals surface area contributed by atoms with Crippen molar-refractivity contribution < 1.29 is 5.11 Å². The van der Waals surface area contributed by atoms with Gasteiger partial charge in [0.25, 0.3) is 0 Å². The number of hydrogen-bond acceptors (Lipinski definition) is 1. The molecule has 0 spiro atoms. The number of fused-ring (bicyclic) bond motifs is 1. The molecule has 1 aromatic carbocycles. The predicted octanol–water partition coefficient (Wildman–Crippen LogP) is 2.02. The maximum Gasteiger partial charge on any atom is 0.0499 e. The van der Waals surface area contributed by atoms with Crippen LogP contribution in [0.25, 0.3) is 0 Å². The molecule has 0 saturated carbocycles. The third-order valence-corrected chi connectivity index (χ3v) is 2.72. The van der Waals surface area contributed by atoms with Gasteiger partial charge in [-0.05, 0) is 30.9 Å². The Hall–Kier alpha value is -0.820. The molecule has 1 heteroatoms. The average molecular weight is 162 g/mol. The van der Waals surface area contributed by atoms with E-state index >= 15 is 0 Å². The number of rotatable bonds is 1. The zero-order valence-electron chi connectivity index (χ0n) is 7.38. The highest BCUT2D eigenvalue weighted by molar-refractivity contribution is 5.37. The lowest BCUT2D eigenvalue weighted by Gasteiger charge is -2.07. The number of benzene rings is 1. The molecule has 0 fully saturated rings. The van der Waals surface area contributed by atoms with Crippen LogP contribution in [0.2, 0.25) is 0 Å². The van der Waals surface area contributed by atoms with Gasteiger partial charge in [-0.1, -0.05) is 23.8 Å². The lowest BCUT2D eigenvalue weighted by Crippen LogP contribution is -1.98. The van der Waals surface area contributed by atoms with Crippen LogP contribution in [0.15, 0.2) is 18.2 Å². The van der Waals surface area contributed by atoms with Crippen molar-refractivity contribution in [1.29, 1.82) is 0 Å². The molecule has 12 heavy (non-hydrogen) atoms. The van der Waals surface area contributed by atoms with E-state index in [0.29, 0.717) is 12.5 Å². The Morgan fingerprint density at radius 2 is 2.33 bits per heavy atom. The number of aryl methyl sites for hydroxylation is 2. The van der Waals surface area contributed by atoms with Gasteiger partial charge in [-0.15, -0.1) is 0 Å². The Kier molecular flexibility index (Phi) is 1.89. The summed E-state index contributed by atoms with van der Waals surface area (Å²) in [7, 11) is 0. The van der Waals surface area contributed by atoms with E-state index in [2.05, 4.69) is 25.1 Å². The molecule has 0 aromatic heterocycles. The second-order valence-electron chi connectivity index (χ2n) is 3.62. The van der Waals surface area contributed by atoms with E-state index in [1.165, 1.54) is 16.7 Å². The molecule has 0 heterocycles. The van der Waals surface area contributed by atoms with Crippen LogP contribution in [-0.2, 0) is 6.42 Å². The van der Waals surface area contributed by atoms with Crippen LogP contribution in [0.5, 0.6) is 0 Å². The summed E-state index contributed by atoms with van der Waals surface area (Å²) in [5, 5.41) is 9.10. The van der Waals surface area contributed by atoms with Crippen molar-refractivity contribution in [2.45, 2.75) is 25.7 Å². The van der Waals surface area contributed by atoms with Crippen molar-refractivity contribution in [3.05, 3.63) is 34.9 Å². The van der Waals surface area contributed by atoms with Crippen molar-refractivity contribution in [2.75, 3.05) is 6.61 Å². The van der Waals surface area contributed by atoms with Gasteiger partial charge in [-0.25, -0.2) is 0 Å². The Morgan fingerprint density at radius 3 is 3.08 bits per heavy atom. The van der Waals surface area contributed by atoms with E-state index in [4.69, 9.17) is 5.11 Å². The standard InChI is InChI=1S/C11H14O/c1-8-2-3-9-4-5-10(7-12)11(9)6-8/h2-3,6,10,12H,4-5,7H2,1H3. The highest BCUT2D eigenvalue weighted by atomic mass is 16.3. The third kappa shape index (κ3) is 1.14. The molecule has 1 aromatic rings. The van der Waals surface area contributed by atoms with E-state index in [0.717, 1.165) is 12.8 Å². The first-order chi connectivity index (χ1) is 5.81. The Balaban J connectivity index is 2.42. The van der Waals surface area contributed by atoms with Gasteiger partial charge in [0.2, 0.25) is 0 Å². The molecule has 0 amide bonds. The first-order valence-corrected chi connectivity index (χ1v) is 4.51. The minimum Gasteiger partial charge on any atom is -0.396 e. The normalized spacial score (nSPS) is 21.0. The smallest absolute Gasteiger partial charge is 0.0499 e. The number of hydrogen-bond donors (Lipinski definition) is 1. The summed E-state index contributed by atoms with van der Waals surface area (Å²) in [4.78, 5) is 0. The molecule has 0 aliphatic heterocycles. The highest BCUT2D eigenvalue weighted by Crippen LogP contribution is 2.32. The molecule has 0 radical (unpaired) electrons. The van der Waals surface area contributed by atoms with Gasteiger partial charge in [0.1, 0.15) is 0 Å². The Labute approximate surface area is 73.0 Å². The van der Waals surface area contributed by atoms with Crippen LogP contribution in [0, 0.1) is 6.92 Å². The molecule has 1 aliphatic carbocycles. The zero-order chi connectivity index (χ0) is 8.55. The van der Waals surface area contributed by atoms with E-state index in [9.17, 15) is 0 Å². The summed E-state index contributed by atoms with van der Waals surface area (Å²) in [5.74, 6) is 0.403. The molecule has 2 rings (SSSR count). The molecule has 0 saturated heterocycles. The van der Waals surface area contributed by atoms with Gasteiger partial charge >= 0.3 is 0 Å². The highest BCUT2D eigenvalue weighted by Gasteiger charge is 2.20. The first kappa shape index (κ1) is 7.81. The fraction of sp³-hybridized carbons (Fsp3) is 0.455. The number of aliphatic hydroxyl groups excluding tert-OH is 1. The SMILES string of the molecule is Cc1ccc2c(c1)C(CO)CC2. The molecule has 1 nitrogen and oxygen atoms in total. The van der Waals surface area contributed by atoms with Crippen LogP contribution in [0.4, 0.5) is 0 Å². The number of aliphatic hydroxyl groups is 1. The van der Waals surface area contributed by atoms with Crippen LogP contribution < -0.4 is 0 Å². The van der Waals surface area contributed by atoms with Crippen molar-refractivity contribution in [3.63, 3.8) is 0 Å². The molecular formula is C11H14O. The quantitative estimate of drug-likeness (QED) is 0.669. The average Bonchev–Trinajstić information content (AvgIpc) is 2.46.